The van der Waals surface area contributed by atoms with Gasteiger partial charge in [-0.3, -0.25) is 33.3 Å². The molecule has 15 nitrogen and oxygen atoms in total. The van der Waals surface area contributed by atoms with Crippen LogP contribution in [0.5, 0.6) is 0 Å². The fourth-order valence-electron chi connectivity index (χ4n) is 8.68. The van der Waals surface area contributed by atoms with E-state index in [4.69, 9.17) is 9.47 Å². The maximum absolute atomic E-state index is 14.7. The van der Waals surface area contributed by atoms with Gasteiger partial charge in [0.1, 0.15) is 30.8 Å². The quantitative estimate of drug-likeness (QED) is 0.120. The zero-order valence-corrected chi connectivity index (χ0v) is 40.0. The molecule has 7 atom stereocenters. The number of alkyl halides is 1. The fraction of sp³-hybridized carbons (Fsp3) is 0.640. The predicted octanol–water partition coefficient (Wildman–Crippen LogP) is 5.55. The van der Waals surface area contributed by atoms with Crippen LogP contribution in [0.3, 0.4) is 0 Å². The SMILES string of the molecule is CCCCCCN1C[C@@H](CCF)NC(=O)[C@H]([C@H](C)OCc2ccccc2)NC(=O)[C@H](CNC(=O)OCc2ccccc2)NC(=O)[C@H](C2CCCCC2)NC(=O)[C@H](CC(C)C)N(C)C(=O)[C@@H]1C. The van der Waals surface area contributed by atoms with E-state index in [0.29, 0.717) is 25.8 Å². The van der Waals surface area contributed by atoms with Gasteiger partial charge in [-0.1, -0.05) is 120 Å². The Balaban J connectivity index is 1.78. The van der Waals surface area contributed by atoms with Gasteiger partial charge in [-0.05, 0) is 75.5 Å². The lowest BCUT2D eigenvalue weighted by Gasteiger charge is -2.38. The first kappa shape index (κ1) is 53.5. The van der Waals surface area contributed by atoms with Crippen molar-refractivity contribution >= 4 is 35.6 Å². The maximum Gasteiger partial charge on any atom is 0.407 e. The summed E-state index contributed by atoms with van der Waals surface area (Å²) in [7, 11) is 1.60. The zero-order chi connectivity index (χ0) is 48.0. The van der Waals surface area contributed by atoms with Crippen LogP contribution in [0.25, 0.3) is 0 Å². The van der Waals surface area contributed by atoms with Crippen molar-refractivity contribution in [3.63, 3.8) is 0 Å². The Morgan fingerprint density at radius 1 is 0.803 bits per heavy atom. The van der Waals surface area contributed by atoms with Crippen molar-refractivity contribution in [2.24, 2.45) is 11.8 Å². The lowest BCUT2D eigenvalue weighted by Crippen LogP contribution is -2.64. The van der Waals surface area contributed by atoms with Gasteiger partial charge in [0.2, 0.25) is 29.5 Å². The number of amides is 6. The summed E-state index contributed by atoms with van der Waals surface area (Å²) in [5.74, 6) is -3.23. The van der Waals surface area contributed by atoms with Gasteiger partial charge in [-0.25, -0.2) is 4.79 Å². The van der Waals surface area contributed by atoms with Crippen molar-refractivity contribution in [1.29, 1.82) is 0 Å². The molecule has 0 aromatic heterocycles. The van der Waals surface area contributed by atoms with Gasteiger partial charge in [0, 0.05) is 19.6 Å². The molecular weight excluding hydrogens is 846 g/mol. The second-order valence-electron chi connectivity index (χ2n) is 18.4. The van der Waals surface area contributed by atoms with Crippen molar-refractivity contribution in [3.05, 3.63) is 71.8 Å². The number of nitrogens with one attached hydrogen (secondary N) is 5. The molecular formula is C50H76FN7O8. The first-order valence-electron chi connectivity index (χ1n) is 24.1. The Labute approximate surface area is 391 Å². The van der Waals surface area contributed by atoms with Crippen LogP contribution in [0.15, 0.2) is 60.7 Å². The van der Waals surface area contributed by atoms with Crippen LogP contribution < -0.4 is 26.6 Å². The van der Waals surface area contributed by atoms with Gasteiger partial charge in [0.25, 0.3) is 0 Å². The average Bonchev–Trinajstić information content (AvgIpc) is 3.32. The van der Waals surface area contributed by atoms with Gasteiger partial charge in [-0.15, -0.1) is 0 Å². The topological polar surface area (TPSA) is 188 Å². The highest BCUT2D eigenvalue weighted by Crippen LogP contribution is 2.27. The molecule has 1 aliphatic carbocycles. The number of unbranched alkanes of at least 4 members (excludes halogenated alkanes) is 3. The smallest absolute Gasteiger partial charge is 0.407 e. The van der Waals surface area contributed by atoms with Crippen LogP contribution in [0.2, 0.25) is 0 Å². The Morgan fingerprint density at radius 3 is 2.08 bits per heavy atom. The summed E-state index contributed by atoms with van der Waals surface area (Å²) in [6.45, 7) is 8.85. The van der Waals surface area contributed by atoms with E-state index in [0.717, 1.165) is 56.1 Å². The molecule has 2 fully saturated rings. The zero-order valence-electron chi connectivity index (χ0n) is 40.0. The van der Waals surface area contributed by atoms with E-state index >= 15 is 0 Å². The van der Waals surface area contributed by atoms with Crippen LogP contribution in [0.1, 0.15) is 116 Å². The number of carbonyl (C=O) groups is 6. The number of hydrogen-bond acceptors (Lipinski definition) is 9. The summed E-state index contributed by atoms with van der Waals surface area (Å²) in [5.41, 5.74) is 1.56. The van der Waals surface area contributed by atoms with Crippen molar-refractivity contribution in [2.75, 3.05) is 33.4 Å². The number of ether oxygens (including phenoxy) is 2. The number of rotatable bonds is 18. The van der Waals surface area contributed by atoms with Crippen LogP contribution in [0.4, 0.5) is 9.18 Å². The number of likely N-dealkylation sites (N-methyl/N-ethyl adjacent to an activating group) is 1. The standard InChI is InChI=1S/C50H76FN7O8/c1-7-8-9-19-28-58-31-40(26-27-51)53-47(61)43(36(5)65-32-37-20-13-10-14-21-37)55-45(59)41(30-52-50(64)66-33-38-22-15-11-16-23-38)54-48(62)44(39-24-17-12-18-25-39)56-46(60)42(29-34(2)3)57(6)49(63)35(58)4/h10-11,13-16,20-23,34-36,39-44H,7-9,12,17-19,24-33H2,1-6H3,(H,52,64)(H,53,61)(H,54,62)(H,55,59)(H,56,60)/t35-,36-,40+,41-,42-,43-,44-/m0/s1. The van der Waals surface area contributed by atoms with Crippen molar-refractivity contribution in [3.8, 4) is 0 Å². The molecule has 2 aromatic rings. The van der Waals surface area contributed by atoms with Crippen molar-refractivity contribution in [2.45, 2.75) is 161 Å². The number of carbonyl (C=O) groups excluding carboxylic acids is 6. The Morgan fingerprint density at radius 2 is 1.45 bits per heavy atom. The largest absolute Gasteiger partial charge is 0.445 e. The highest BCUT2D eigenvalue weighted by Gasteiger charge is 2.40. The molecule has 5 N–H and O–H groups in total. The second-order valence-corrected chi connectivity index (χ2v) is 18.4. The monoisotopic (exact) mass is 922 g/mol. The first-order chi connectivity index (χ1) is 31.7. The lowest BCUT2D eigenvalue weighted by molar-refractivity contribution is -0.144. The third-order valence-electron chi connectivity index (χ3n) is 12.7. The molecule has 1 heterocycles. The minimum atomic E-state index is -1.46. The summed E-state index contributed by atoms with van der Waals surface area (Å²) in [6.07, 6.45) is 6.00. The molecule has 0 spiro atoms. The first-order valence-corrected chi connectivity index (χ1v) is 24.1. The van der Waals surface area contributed by atoms with E-state index in [1.165, 1.54) is 4.90 Å². The van der Waals surface area contributed by atoms with Gasteiger partial charge in [-0.2, -0.15) is 0 Å². The molecule has 1 saturated heterocycles. The minimum absolute atomic E-state index is 0.00628. The Bertz CT molecular complexity index is 1820. The Kier molecular flexibility index (Phi) is 22.8. The minimum Gasteiger partial charge on any atom is -0.445 e. The van der Waals surface area contributed by atoms with Gasteiger partial charge in [0.05, 0.1) is 32.0 Å². The molecule has 0 radical (unpaired) electrons. The fourth-order valence-corrected chi connectivity index (χ4v) is 8.68. The summed E-state index contributed by atoms with van der Waals surface area (Å²) >= 11 is 0. The summed E-state index contributed by atoms with van der Waals surface area (Å²) in [4.78, 5) is 89.4. The highest BCUT2D eigenvalue weighted by molar-refractivity contribution is 5.96. The van der Waals surface area contributed by atoms with E-state index in [-0.39, 0.29) is 43.9 Å². The Hall–Kier alpha value is -5.09. The maximum atomic E-state index is 14.7. The summed E-state index contributed by atoms with van der Waals surface area (Å²) in [5, 5.41) is 14.2. The number of benzene rings is 2. The van der Waals surface area contributed by atoms with Crippen LogP contribution in [-0.4, -0.2) is 121 Å². The van der Waals surface area contributed by atoms with Gasteiger partial charge in [0.15, 0.2) is 0 Å². The summed E-state index contributed by atoms with van der Waals surface area (Å²) < 4.78 is 26.0. The molecule has 4 rings (SSSR count). The van der Waals surface area contributed by atoms with Crippen LogP contribution in [-0.2, 0) is 46.7 Å². The molecule has 66 heavy (non-hydrogen) atoms. The van der Waals surface area contributed by atoms with E-state index in [1.807, 2.05) is 67.3 Å². The molecule has 16 heteroatoms. The van der Waals surface area contributed by atoms with Crippen LogP contribution in [0, 0.1) is 11.8 Å². The van der Waals surface area contributed by atoms with Gasteiger partial charge >= 0.3 is 6.09 Å². The average molecular weight is 922 g/mol. The normalized spacial score (nSPS) is 24.1. The lowest BCUT2D eigenvalue weighted by atomic mass is 9.83. The third-order valence-corrected chi connectivity index (χ3v) is 12.7. The third kappa shape index (κ3) is 17.3. The van der Waals surface area contributed by atoms with Gasteiger partial charge < -0.3 is 41.0 Å². The number of halogens is 1. The molecule has 2 aliphatic rings. The molecule has 0 bridgehead atoms. The second kappa shape index (κ2) is 28.2. The molecule has 1 saturated carbocycles. The molecule has 6 amide bonds. The van der Waals surface area contributed by atoms with E-state index < -0.39 is 85.3 Å². The molecule has 366 valence electrons. The number of nitrogens with zero attached hydrogens (tertiary/aromatic N) is 2. The number of hydrogen-bond donors (Lipinski definition) is 5. The van der Waals surface area contributed by atoms with E-state index in [1.54, 1.807) is 33.0 Å². The molecule has 0 unspecified atom stereocenters. The van der Waals surface area contributed by atoms with Crippen LogP contribution >= 0.6 is 0 Å². The van der Waals surface area contributed by atoms with E-state index in [9.17, 15) is 33.2 Å². The van der Waals surface area contributed by atoms with Crippen molar-refractivity contribution in [1.82, 2.24) is 36.4 Å². The molecule has 1 aliphatic heterocycles. The predicted molar refractivity (Wildman–Crippen MR) is 251 cm³/mol. The van der Waals surface area contributed by atoms with E-state index in [2.05, 4.69) is 33.5 Å². The molecule has 2 aromatic carbocycles. The highest BCUT2D eigenvalue weighted by atomic mass is 19.1. The summed E-state index contributed by atoms with van der Waals surface area (Å²) in [6, 6.07) is 11.9. The van der Waals surface area contributed by atoms with Crippen molar-refractivity contribution < 1.29 is 42.6 Å². The number of alkyl carbamates (subject to hydrolysis) is 1.